The van der Waals surface area contributed by atoms with Crippen molar-refractivity contribution in [2.75, 3.05) is 13.1 Å². The van der Waals surface area contributed by atoms with Crippen LogP contribution in [0.25, 0.3) is 0 Å². The van der Waals surface area contributed by atoms with Crippen LogP contribution in [0.2, 0.25) is 0 Å². The number of nitrogens with zero attached hydrogens (tertiary/aromatic N) is 1. The van der Waals surface area contributed by atoms with Crippen LogP contribution in [0.5, 0.6) is 0 Å². The molecule has 1 aromatic rings. The molecule has 1 saturated heterocycles. The number of amides is 1. The summed E-state index contributed by atoms with van der Waals surface area (Å²) in [4.78, 5) is 14.4. The number of nitrogens with one attached hydrogen (secondary N) is 1. The summed E-state index contributed by atoms with van der Waals surface area (Å²) in [6.45, 7) is 6.01. The monoisotopic (exact) mass is 272 g/mol. The molecule has 2 aliphatic rings. The molecule has 1 aliphatic carbocycles. The van der Waals surface area contributed by atoms with Crippen molar-refractivity contribution in [3.05, 3.63) is 34.9 Å². The molecule has 3 nitrogen and oxygen atoms in total. The number of carbonyl (C=O) groups is 1. The van der Waals surface area contributed by atoms with Crippen LogP contribution in [0, 0.1) is 6.92 Å². The van der Waals surface area contributed by atoms with Crippen LogP contribution in [0.3, 0.4) is 0 Å². The van der Waals surface area contributed by atoms with E-state index in [1.54, 1.807) is 0 Å². The molecule has 1 N–H and O–H groups in total. The molecular weight excluding hydrogens is 248 g/mol. The Bertz CT molecular complexity index is 506. The van der Waals surface area contributed by atoms with Crippen molar-refractivity contribution in [3.63, 3.8) is 0 Å². The highest BCUT2D eigenvalue weighted by atomic mass is 16.2. The van der Waals surface area contributed by atoms with E-state index in [1.165, 1.54) is 16.7 Å². The lowest BCUT2D eigenvalue weighted by Gasteiger charge is -2.24. The Kier molecular flexibility index (Phi) is 3.79. The van der Waals surface area contributed by atoms with E-state index in [2.05, 4.69) is 30.4 Å². The fourth-order valence-electron chi connectivity index (χ4n) is 3.48. The standard InChI is InChI=1S/C17H24N2O/c1-12-5-6-14-7-8-16(15(14)11-12)18-13(2)17(20)19-9-3-4-10-19/h5-6,11,13,16,18H,3-4,7-10H2,1-2H3. The minimum atomic E-state index is -0.0791. The van der Waals surface area contributed by atoms with E-state index in [0.29, 0.717) is 6.04 Å². The van der Waals surface area contributed by atoms with E-state index < -0.39 is 0 Å². The van der Waals surface area contributed by atoms with Gasteiger partial charge in [-0.3, -0.25) is 10.1 Å². The highest BCUT2D eigenvalue weighted by molar-refractivity contribution is 5.81. The Morgan fingerprint density at radius 2 is 2.10 bits per heavy atom. The van der Waals surface area contributed by atoms with Crippen LogP contribution < -0.4 is 5.32 Å². The maximum Gasteiger partial charge on any atom is 0.239 e. The molecule has 2 unspecified atom stereocenters. The lowest BCUT2D eigenvalue weighted by Crippen LogP contribution is -2.44. The molecule has 1 fully saturated rings. The molecule has 0 saturated carbocycles. The number of rotatable bonds is 3. The molecule has 2 atom stereocenters. The zero-order valence-electron chi connectivity index (χ0n) is 12.5. The van der Waals surface area contributed by atoms with Crippen molar-refractivity contribution in [3.8, 4) is 0 Å². The zero-order valence-corrected chi connectivity index (χ0v) is 12.5. The van der Waals surface area contributed by atoms with Crippen LogP contribution in [0.15, 0.2) is 18.2 Å². The van der Waals surface area contributed by atoms with Crippen molar-refractivity contribution in [2.24, 2.45) is 0 Å². The fraction of sp³-hybridized carbons (Fsp3) is 0.588. The van der Waals surface area contributed by atoms with Gasteiger partial charge in [0.1, 0.15) is 0 Å². The van der Waals surface area contributed by atoms with E-state index in [1.807, 2.05) is 11.8 Å². The molecule has 108 valence electrons. The highest BCUT2D eigenvalue weighted by Crippen LogP contribution is 2.32. The van der Waals surface area contributed by atoms with Gasteiger partial charge in [0, 0.05) is 19.1 Å². The summed E-state index contributed by atoms with van der Waals surface area (Å²) in [6, 6.07) is 6.95. The third-order valence-corrected chi connectivity index (χ3v) is 4.62. The lowest BCUT2D eigenvalue weighted by atomic mass is 10.0. The normalized spacial score (nSPS) is 22.9. The molecule has 0 spiro atoms. The van der Waals surface area contributed by atoms with Gasteiger partial charge in [0.25, 0.3) is 0 Å². The minimum Gasteiger partial charge on any atom is -0.341 e. The minimum absolute atomic E-state index is 0.0791. The molecule has 1 amide bonds. The molecule has 1 heterocycles. The van der Waals surface area contributed by atoms with E-state index in [-0.39, 0.29) is 11.9 Å². The van der Waals surface area contributed by atoms with E-state index in [0.717, 1.165) is 38.8 Å². The molecule has 0 aromatic heterocycles. The number of hydrogen-bond donors (Lipinski definition) is 1. The van der Waals surface area contributed by atoms with Crippen LogP contribution in [-0.4, -0.2) is 29.9 Å². The number of aryl methyl sites for hydroxylation is 2. The van der Waals surface area contributed by atoms with Crippen LogP contribution in [-0.2, 0) is 11.2 Å². The first kappa shape index (κ1) is 13.6. The van der Waals surface area contributed by atoms with Crippen LogP contribution >= 0.6 is 0 Å². The van der Waals surface area contributed by atoms with Crippen molar-refractivity contribution in [1.29, 1.82) is 0 Å². The molecule has 1 aliphatic heterocycles. The molecule has 20 heavy (non-hydrogen) atoms. The van der Waals surface area contributed by atoms with E-state index in [9.17, 15) is 4.79 Å². The zero-order chi connectivity index (χ0) is 14.1. The average molecular weight is 272 g/mol. The van der Waals surface area contributed by atoms with E-state index in [4.69, 9.17) is 0 Å². The van der Waals surface area contributed by atoms with Crippen LogP contribution in [0.4, 0.5) is 0 Å². The Morgan fingerprint density at radius 3 is 2.85 bits per heavy atom. The molecule has 0 radical (unpaired) electrons. The summed E-state index contributed by atoms with van der Waals surface area (Å²) in [5.41, 5.74) is 4.14. The Morgan fingerprint density at radius 1 is 1.35 bits per heavy atom. The topological polar surface area (TPSA) is 32.3 Å². The smallest absolute Gasteiger partial charge is 0.239 e. The summed E-state index contributed by atoms with van der Waals surface area (Å²) in [5.74, 6) is 0.267. The summed E-state index contributed by atoms with van der Waals surface area (Å²) >= 11 is 0. The molecule has 3 rings (SSSR count). The van der Waals surface area contributed by atoms with Crippen molar-refractivity contribution >= 4 is 5.91 Å². The van der Waals surface area contributed by atoms with Crippen molar-refractivity contribution < 1.29 is 4.79 Å². The highest BCUT2D eigenvalue weighted by Gasteiger charge is 2.28. The Labute approximate surface area is 121 Å². The fourth-order valence-corrected chi connectivity index (χ4v) is 3.48. The second kappa shape index (κ2) is 5.57. The summed E-state index contributed by atoms with van der Waals surface area (Å²) in [6.07, 6.45) is 4.54. The Hall–Kier alpha value is -1.35. The first-order valence-electron chi connectivity index (χ1n) is 7.79. The summed E-state index contributed by atoms with van der Waals surface area (Å²) < 4.78 is 0. The molecule has 0 bridgehead atoms. The third kappa shape index (κ3) is 2.59. The number of carbonyl (C=O) groups excluding carboxylic acids is 1. The largest absolute Gasteiger partial charge is 0.341 e. The van der Waals surface area contributed by atoms with Gasteiger partial charge >= 0.3 is 0 Å². The van der Waals surface area contributed by atoms with Gasteiger partial charge in [-0.05, 0) is 50.7 Å². The quantitative estimate of drug-likeness (QED) is 0.917. The second-order valence-electron chi connectivity index (χ2n) is 6.21. The van der Waals surface area contributed by atoms with Gasteiger partial charge < -0.3 is 4.90 Å². The Balaban J connectivity index is 1.67. The predicted octanol–water partition coefficient (Wildman–Crippen LogP) is 2.58. The summed E-state index contributed by atoms with van der Waals surface area (Å²) in [5, 5.41) is 3.55. The number of hydrogen-bond acceptors (Lipinski definition) is 2. The lowest BCUT2D eigenvalue weighted by molar-refractivity contribution is -0.132. The van der Waals surface area contributed by atoms with Gasteiger partial charge in [-0.25, -0.2) is 0 Å². The van der Waals surface area contributed by atoms with Gasteiger partial charge in [0.15, 0.2) is 0 Å². The maximum atomic E-state index is 12.4. The van der Waals surface area contributed by atoms with E-state index >= 15 is 0 Å². The summed E-state index contributed by atoms with van der Waals surface area (Å²) in [7, 11) is 0. The van der Waals surface area contributed by atoms with Crippen molar-refractivity contribution in [2.45, 2.75) is 51.6 Å². The SMILES string of the molecule is Cc1ccc2c(c1)C(NC(C)C(=O)N1CCCC1)CC2. The first-order chi connectivity index (χ1) is 9.65. The van der Waals surface area contributed by atoms with Gasteiger partial charge in [-0.1, -0.05) is 23.8 Å². The number of likely N-dealkylation sites (tertiary alicyclic amines) is 1. The van der Waals surface area contributed by atoms with Crippen LogP contribution in [0.1, 0.15) is 48.9 Å². The number of benzene rings is 1. The van der Waals surface area contributed by atoms with Crippen molar-refractivity contribution in [1.82, 2.24) is 10.2 Å². The average Bonchev–Trinajstić information content (AvgIpc) is 3.08. The van der Waals surface area contributed by atoms with Gasteiger partial charge in [0.2, 0.25) is 5.91 Å². The van der Waals surface area contributed by atoms with Gasteiger partial charge in [-0.15, -0.1) is 0 Å². The molecule has 3 heteroatoms. The molecule has 1 aromatic carbocycles. The number of fused-ring (bicyclic) bond motifs is 1. The van der Waals surface area contributed by atoms with Gasteiger partial charge in [-0.2, -0.15) is 0 Å². The maximum absolute atomic E-state index is 12.4. The third-order valence-electron chi connectivity index (χ3n) is 4.62. The van der Waals surface area contributed by atoms with Gasteiger partial charge in [0.05, 0.1) is 6.04 Å². The second-order valence-corrected chi connectivity index (χ2v) is 6.21. The molecular formula is C17H24N2O. The first-order valence-corrected chi connectivity index (χ1v) is 7.79. The predicted molar refractivity (Wildman–Crippen MR) is 80.7 cm³/mol.